The Hall–Kier alpha value is -1.03. The van der Waals surface area contributed by atoms with Crippen LogP contribution in [-0.2, 0) is 0 Å². The van der Waals surface area contributed by atoms with Crippen molar-refractivity contribution in [3.8, 4) is 0 Å². The Morgan fingerprint density at radius 2 is 2.50 bits per heavy atom. The van der Waals surface area contributed by atoms with Crippen molar-refractivity contribution in [3.05, 3.63) is 11.6 Å². The molecule has 0 atom stereocenters. The number of urea groups is 1. The van der Waals surface area contributed by atoms with Crippen LogP contribution < -0.4 is 11.2 Å². The van der Waals surface area contributed by atoms with Crippen LogP contribution in [0, 0.1) is 0 Å². The molecule has 0 aromatic rings. The Balaban J connectivity index is 3.29. The summed E-state index contributed by atoms with van der Waals surface area (Å²) in [6.45, 7) is 0. The lowest BCUT2D eigenvalue weighted by Gasteiger charge is -1.87. The summed E-state index contributed by atoms with van der Waals surface area (Å²) in [4.78, 5) is 9.99. The number of carbonyl (C=O) groups excluding carboxylic acids is 1. The summed E-state index contributed by atoms with van der Waals surface area (Å²) in [5.74, 6) is 0. The number of hydrogen-bond donors (Lipinski definition) is 2. The standard InChI is InChI=1S/C5H8ClN3O/c6-3-1-2-4-8-9-5(7)10/h1,3-4H,2H2,(H3,7,9,10)/b3-1+,8-4+. The molecule has 3 N–H and O–H groups in total. The maximum atomic E-state index is 9.99. The van der Waals surface area contributed by atoms with Gasteiger partial charge in [-0.3, -0.25) is 0 Å². The third-order valence-electron chi connectivity index (χ3n) is 0.597. The molecular weight excluding hydrogens is 154 g/mol. The first-order valence-corrected chi connectivity index (χ1v) is 3.03. The van der Waals surface area contributed by atoms with E-state index in [9.17, 15) is 4.79 Å². The molecule has 0 spiro atoms. The summed E-state index contributed by atoms with van der Waals surface area (Å²) in [7, 11) is 0. The largest absolute Gasteiger partial charge is 0.350 e. The monoisotopic (exact) mass is 161 g/mol. The van der Waals surface area contributed by atoms with Gasteiger partial charge in [-0.25, -0.2) is 10.2 Å². The minimum absolute atomic E-state index is 0.573. The first kappa shape index (κ1) is 8.97. The van der Waals surface area contributed by atoms with Gasteiger partial charge in [0.15, 0.2) is 0 Å². The number of nitrogens with two attached hydrogens (primary N) is 1. The van der Waals surface area contributed by atoms with Crippen molar-refractivity contribution in [1.29, 1.82) is 0 Å². The van der Waals surface area contributed by atoms with Gasteiger partial charge in [0, 0.05) is 18.2 Å². The van der Waals surface area contributed by atoms with Crippen molar-refractivity contribution < 1.29 is 4.79 Å². The zero-order chi connectivity index (χ0) is 7.82. The number of primary amides is 1. The molecule has 0 rings (SSSR count). The lowest BCUT2D eigenvalue weighted by Crippen LogP contribution is -2.24. The van der Waals surface area contributed by atoms with E-state index in [2.05, 4.69) is 5.10 Å². The molecule has 0 aromatic heterocycles. The summed E-state index contributed by atoms with van der Waals surface area (Å²) in [6, 6.07) is -0.675. The van der Waals surface area contributed by atoms with Crippen LogP contribution in [0.1, 0.15) is 6.42 Å². The number of halogens is 1. The molecular formula is C5H8ClN3O. The second-order valence-electron chi connectivity index (χ2n) is 1.39. The van der Waals surface area contributed by atoms with E-state index in [-0.39, 0.29) is 0 Å². The van der Waals surface area contributed by atoms with Crippen LogP contribution in [0.15, 0.2) is 16.7 Å². The lowest BCUT2D eigenvalue weighted by molar-refractivity contribution is 0.249. The smallest absolute Gasteiger partial charge is 0.332 e. The predicted molar refractivity (Wildman–Crippen MR) is 40.8 cm³/mol. The summed E-state index contributed by atoms with van der Waals surface area (Å²) in [5.41, 5.74) is 8.11. The molecule has 0 saturated carbocycles. The zero-order valence-electron chi connectivity index (χ0n) is 5.25. The van der Waals surface area contributed by atoms with E-state index in [1.165, 1.54) is 11.7 Å². The van der Waals surface area contributed by atoms with E-state index in [4.69, 9.17) is 17.3 Å². The number of nitrogens with zero attached hydrogens (tertiary/aromatic N) is 1. The molecule has 56 valence electrons. The Kier molecular flexibility index (Phi) is 5.47. The number of amides is 2. The zero-order valence-corrected chi connectivity index (χ0v) is 6.01. The second-order valence-corrected chi connectivity index (χ2v) is 1.64. The third kappa shape index (κ3) is 6.97. The van der Waals surface area contributed by atoms with Crippen molar-refractivity contribution >= 4 is 23.8 Å². The van der Waals surface area contributed by atoms with Gasteiger partial charge in [0.25, 0.3) is 0 Å². The average Bonchev–Trinajstić information content (AvgIpc) is 1.87. The highest BCUT2D eigenvalue weighted by Gasteiger charge is 1.80. The quantitative estimate of drug-likeness (QED) is 0.466. The minimum Gasteiger partial charge on any atom is -0.350 e. The van der Waals surface area contributed by atoms with E-state index >= 15 is 0 Å². The maximum Gasteiger partial charge on any atom is 0.332 e. The highest BCUT2D eigenvalue weighted by atomic mass is 35.5. The highest BCUT2D eigenvalue weighted by molar-refractivity contribution is 6.25. The molecule has 0 bridgehead atoms. The van der Waals surface area contributed by atoms with Crippen LogP contribution in [0.3, 0.4) is 0 Å². The number of rotatable bonds is 3. The van der Waals surface area contributed by atoms with Crippen molar-refractivity contribution in [3.63, 3.8) is 0 Å². The number of hydrazone groups is 1. The van der Waals surface area contributed by atoms with E-state index in [1.807, 2.05) is 5.43 Å². The molecule has 0 aliphatic carbocycles. The van der Waals surface area contributed by atoms with Crippen LogP contribution in [0.4, 0.5) is 4.79 Å². The summed E-state index contributed by atoms with van der Waals surface area (Å²) < 4.78 is 0. The van der Waals surface area contributed by atoms with E-state index < -0.39 is 6.03 Å². The summed E-state index contributed by atoms with van der Waals surface area (Å²) in [6.07, 6.45) is 3.72. The summed E-state index contributed by atoms with van der Waals surface area (Å²) in [5, 5.41) is 3.45. The highest BCUT2D eigenvalue weighted by Crippen LogP contribution is 1.80. The predicted octanol–water partition coefficient (Wildman–Crippen LogP) is 0.783. The molecule has 0 unspecified atom stereocenters. The molecule has 0 fully saturated rings. The van der Waals surface area contributed by atoms with Gasteiger partial charge in [0.05, 0.1) is 0 Å². The summed E-state index contributed by atoms with van der Waals surface area (Å²) >= 11 is 5.19. The Bertz CT molecular complexity index is 155. The van der Waals surface area contributed by atoms with Gasteiger partial charge in [-0.1, -0.05) is 17.7 Å². The van der Waals surface area contributed by atoms with Crippen molar-refractivity contribution in [1.82, 2.24) is 5.43 Å². The van der Waals surface area contributed by atoms with Crippen molar-refractivity contribution in [2.75, 3.05) is 0 Å². The van der Waals surface area contributed by atoms with Gasteiger partial charge in [-0.15, -0.1) is 0 Å². The molecule has 0 radical (unpaired) electrons. The number of carbonyl (C=O) groups is 1. The fourth-order valence-electron chi connectivity index (χ4n) is 0.274. The molecule has 0 aliphatic heterocycles. The van der Waals surface area contributed by atoms with Crippen LogP contribution in [0.25, 0.3) is 0 Å². The number of nitrogens with one attached hydrogen (secondary N) is 1. The van der Waals surface area contributed by atoms with Crippen molar-refractivity contribution in [2.24, 2.45) is 10.8 Å². The molecule has 5 heteroatoms. The van der Waals surface area contributed by atoms with Gasteiger partial charge in [-0.2, -0.15) is 5.10 Å². The van der Waals surface area contributed by atoms with E-state index in [1.54, 1.807) is 6.08 Å². The van der Waals surface area contributed by atoms with E-state index in [0.29, 0.717) is 6.42 Å². The molecule has 0 aromatic carbocycles. The molecule has 10 heavy (non-hydrogen) atoms. The van der Waals surface area contributed by atoms with Crippen LogP contribution in [-0.4, -0.2) is 12.2 Å². The Morgan fingerprint density at radius 3 is 3.00 bits per heavy atom. The topological polar surface area (TPSA) is 67.5 Å². The molecule has 0 heterocycles. The van der Waals surface area contributed by atoms with E-state index in [0.717, 1.165) is 0 Å². The van der Waals surface area contributed by atoms with Gasteiger partial charge in [-0.05, 0) is 0 Å². The van der Waals surface area contributed by atoms with Crippen LogP contribution in [0.2, 0.25) is 0 Å². The van der Waals surface area contributed by atoms with Gasteiger partial charge in [0.1, 0.15) is 0 Å². The third-order valence-corrected chi connectivity index (χ3v) is 0.775. The Morgan fingerprint density at radius 1 is 1.80 bits per heavy atom. The molecule has 2 amide bonds. The fraction of sp³-hybridized carbons (Fsp3) is 0.200. The van der Waals surface area contributed by atoms with Crippen molar-refractivity contribution in [2.45, 2.75) is 6.42 Å². The average molecular weight is 162 g/mol. The molecule has 0 aliphatic rings. The number of hydrogen-bond acceptors (Lipinski definition) is 2. The number of allylic oxidation sites excluding steroid dienone is 1. The van der Waals surface area contributed by atoms with Crippen LogP contribution in [0.5, 0.6) is 0 Å². The molecule has 0 saturated heterocycles. The first-order chi connectivity index (χ1) is 4.77. The van der Waals surface area contributed by atoms with Gasteiger partial charge >= 0.3 is 6.03 Å². The van der Waals surface area contributed by atoms with Gasteiger partial charge in [0.2, 0.25) is 0 Å². The van der Waals surface area contributed by atoms with Crippen LogP contribution >= 0.6 is 11.6 Å². The van der Waals surface area contributed by atoms with Gasteiger partial charge < -0.3 is 5.73 Å². The maximum absolute atomic E-state index is 9.99. The second kappa shape index (κ2) is 6.10. The Labute approximate surface area is 63.7 Å². The minimum atomic E-state index is -0.675. The normalized spacial score (nSPS) is 10.9. The molecule has 4 nitrogen and oxygen atoms in total. The first-order valence-electron chi connectivity index (χ1n) is 2.59. The lowest BCUT2D eigenvalue weighted by atomic mass is 10.5. The fourth-order valence-corrected chi connectivity index (χ4v) is 0.377. The SMILES string of the molecule is NC(=O)N/N=C/C/C=C/Cl.